The maximum absolute atomic E-state index is 5.21. The zero-order valence-electron chi connectivity index (χ0n) is 10.8. The molecule has 0 saturated heterocycles. The van der Waals surface area contributed by atoms with Crippen LogP contribution < -0.4 is 4.90 Å². The smallest absolute Gasteiger partial charge is 0.225 e. The van der Waals surface area contributed by atoms with E-state index >= 15 is 0 Å². The number of nitrogens with zero attached hydrogens (tertiary/aromatic N) is 3. The van der Waals surface area contributed by atoms with Crippen molar-refractivity contribution < 1.29 is 0 Å². The summed E-state index contributed by atoms with van der Waals surface area (Å²) < 4.78 is 2.74. The van der Waals surface area contributed by atoms with E-state index in [0.717, 1.165) is 19.0 Å². The Hall–Kier alpha value is -0.840. The summed E-state index contributed by atoms with van der Waals surface area (Å²) in [5.41, 5.74) is 0. The summed E-state index contributed by atoms with van der Waals surface area (Å²) in [5, 5.41) is 7.20. The fourth-order valence-electron chi connectivity index (χ4n) is 1.73. The first-order valence-corrected chi connectivity index (χ1v) is 6.30. The van der Waals surface area contributed by atoms with Gasteiger partial charge >= 0.3 is 0 Å². The zero-order chi connectivity index (χ0) is 12.3. The molecule has 0 spiro atoms. The van der Waals surface area contributed by atoms with Crippen LogP contribution >= 0.6 is 12.2 Å². The topological polar surface area (TPSA) is 36.9 Å². The lowest BCUT2D eigenvalue weighted by Crippen LogP contribution is -2.36. The molecular formula is C11H22N4S. The molecule has 92 valence electrons. The van der Waals surface area contributed by atoms with Crippen LogP contribution in [-0.4, -0.2) is 27.4 Å². The van der Waals surface area contributed by atoms with E-state index in [1.165, 1.54) is 0 Å². The molecule has 0 amide bonds. The van der Waals surface area contributed by atoms with E-state index in [9.17, 15) is 0 Å². The van der Waals surface area contributed by atoms with Crippen LogP contribution in [0.4, 0.5) is 5.95 Å². The number of aromatic nitrogens is 3. The minimum absolute atomic E-state index is 0.429. The molecule has 0 unspecified atom stereocenters. The van der Waals surface area contributed by atoms with Crippen LogP contribution in [0.15, 0.2) is 0 Å². The molecule has 0 atom stereocenters. The highest BCUT2D eigenvalue weighted by atomic mass is 32.1. The molecule has 0 saturated carbocycles. The molecular weight excluding hydrogens is 220 g/mol. The largest absolute Gasteiger partial charge is 0.338 e. The van der Waals surface area contributed by atoms with Gasteiger partial charge in [-0.1, -0.05) is 13.8 Å². The van der Waals surface area contributed by atoms with Crippen LogP contribution in [-0.2, 0) is 6.54 Å². The summed E-state index contributed by atoms with van der Waals surface area (Å²) >= 11 is 5.21. The Labute approximate surface area is 103 Å². The molecule has 0 aliphatic rings. The molecule has 1 heterocycles. The summed E-state index contributed by atoms with van der Waals surface area (Å²) in [6.07, 6.45) is 0. The van der Waals surface area contributed by atoms with Crippen LogP contribution in [0.2, 0.25) is 0 Å². The second kappa shape index (κ2) is 5.48. The Bertz CT molecular complexity index is 378. The van der Waals surface area contributed by atoms with Crippen LogP contribution in [0.1, 0.15) is 34.6 Å². The van der Waals surface area contributed by atoms with Gasteiger partial charge in [-0.25, -0.2) is 5.10 Å². The lowest BCUT2D eigenvalue weighted by molar-refractivity contribution is 0.547. The molecule has 1 aromatic rings. The van der Waals surface area contributed by atoms with Crippen LogP contribution in [0.3, 0.4) is 0 Å². The van der Waals surface area contributed by atoms with Crippen molar-refractivity contribution in [3.05, 3.63) is 4.77 Å². The third-order valence-corrected chi connectivity index (χ3v) is 2.81. The summed E-state index contributed by atoms with van der Waals surface area (Å²) in [4.78, 5) is 2.29. The molecule has 0 radical (unpaired) electrons. The Morgan fingerprint density at radius 1 is 1.38 bits per heavy atom. The summed E-state index contributed by atoms with van der Waals surface area (Å²) in [6.45, 7) is 12.7. The van der Waals surface area contributed by atoms with E-state index in [0.29, 0.717) is 16.7 Å². The predicted octanol–water partition coefficient (Wildman–Crippen LogP) is 2.83. The third kappa shape index (κ3) is 2.84. The second-order valence-electron chi connectivity index (χ2n) is 4.71. The van der Waals surface area contributed by atoms with E-state index < -0.39 is 0 Å². The Balaban J connectivity index is 3.05. The van der Waals surface area contributed by atoms with E-state index in [-0.39, 0.29) is 0 Å². The molecule has 0 bridgehead atoms. The van der Waals surface area contributed by atoms with Crippen LogP contribution in [0, 0.1) is 10.7 Å². The van der Waals surface area contributed by atoms with Gasteiger partial charge in [-0.15, -0.1) is 5.10 Å². The molecule has 0 aliphatic carbocycles. The van der Waals surface area contributed by atoms with E-state index in [1.54, 1.807) is 0 Å². The average molecular weight is 242 g/mol. The third-order valence-electron chi connectivity index (χ3n) is 2.50. The highest BCUT2D eigenvalue weighted by molar-refractivity contribution is 7.71. The van der Waals surface area contributed by atoms with Crippen molar-refractivity contribution in [2.45, 2.75) is 47.2 Å². The molecule has 1 rings (SSSR count). The lowest BCUT2D eigenvalue weighted by atomic mass is 10.2. The summed E-state index contributed by atoms with van der Waals surface area (Å²) in [6, 6.07) is 0.429. The Morgan fingerprint density at radius 3 is 2.44 bits per heavy atom. The normalized spacial score (nSPS) is 11.4. The van der Waals surface area contributed by atoms with Crippen molar-refractivity contribution in [2.75, 3.05) is 11.4 Å². The van der Waals surface area contributed by atoms with Crippen molar-refractivity contribution in [3.63, 3.8) is 0 Å². The molecule has 5 heteroatoms. The molecule has 16 heavy (non-hydrogen) atoms. The highest BCUT2D eigenvalue weighted by Gasteiger charge is 2.17. The van der Waals surface area contributed by atoms with Crippen molar-refractivity contribution in [2.24, 2.45) is 5.92 Å². The van der Waals surface area contributed by atoms with Gasteiger partial charge in [0.1, 0.15) is 0 Å². The lowest BCUT2D eigenvalue weighted by Gasteiger charge is -2.29. The highest BCUT2D eigenvalue weighted by Crippen LogP contribution is 2.16. The van der Waals surface area contributed by atoms with Gasteiger partial charge in [-0.05, 0) is 38.9 Å². The number of hydrogen-bond acceptors (Lipinski definition) is 3. The summed E-state index contributed by atoms with van der Waals surface area (Å²) in [5.74, 6) is 1.56. The number of H-pyrrole nitrogens is 1. The van der Waals surface area contributed by atoms with Gasteiger partial charge < -0.3 is 4.90 Å². The maximum atomic E-state index is 5.21. The van der Waals surface area contributed by atoms with E-state index in [1.807, 2.05) is 4.57 Å². The van der Waals surface area contributed by atoms with Crippen molar-refractivity contribution in [3.8, 4) is 0 Å². The second-order valence-corrected chi connectivity index (χ2v) is 5.10. The van der Waals surface area contributed by atoms with Gasteiger partial charge in [0, 0.05) is 19.1 Å². The Morgan fingerprint density at radius 2 is 2.00 bits per heavy atom. The van der Waals surface area contributed by atoms with Gasteiger partial charge in [0.2, 0.25) is 5.95 Å². The first-order valence-electron chi connectivity index (χ1n) is 5.89. The zero-order valence-corrected chi connectivity index (χ0v) is 11.6. The van der Waals surface area contributed by atoms with Gasteiger partial charge in [0.15, 0.2) is 4.77 Å². The van der Waals surface area contributed by atoms with Gasteiger partial charge in [-0.2, -0.15) is 0 Å². The number of anilines is 1. The SMILES string of the molecule is CCn1c(N(CC(C)C)C(C)C)n[nH]c1=S. The van der Waals surface area contributed by atoms with Gasteiger partial charge in [-0.3, -0.25) is 4.57 Å². The minimum atomic E-state index is 0.429. The van der Waals surface area contributed by atoms with Gasteiger partial charge in [0.05, 0.1) is 0 Å². The summed E-state index contributed by atoms with van der Waals surface area (Å²) in [7, 11) is 0. The first-order chi connectivity index (χ1) is 7.47. The van der Waals surface area contributed by atoms with Crippen molar-refractivity contribution in [1.82, 2.24) is 14.8 Å². The number of hydrogen-bond donors (Lipinski definition) is 1. The number of nitrogens with one attached hydrogen (secondary N) is 1. The first kappa shape index (κ1) is 13.2. The van der Waals surface area contributed by atoms with Crippen molar-refractivity contribution in [1.29, 1.82) is 0 Å². The minimum Gasteiger partial charge on any atom is -0.338 e. The van der Waals surface area contributed by atoms with E-state index in [2.05, 4.69) is 49.7 Å². The van der Waals surface area contributed by atoms with Crippen LogP contribution in [0.5, 0.6) is 0 Å². The Kier molecular flexibility index (Phi) is 4.53. The quantitative estimate of drug-likeness (QED) is 0.807. The number of rotatable bonds is 5. The molecule has 1 aromatic heterocycles. The molecule has 0 aromatic carbocycles. The maximum Gasteiger partial charge on any atom is 0.225 e. The van der Waals surface area contributed by atoms with Crippen molar-refractivity contribution >= 4 is 18.2 Å². The van der Waals surface area contributed by atoms with Crippen LogP contribution in [0.25, 0.3) is 0 Å². The van der Waals surface area contributed by atoms with E-state index in [4.69, 9.17) is 12.2 Å². The average Bonchev–Trinajstić information content (AvgIpc) is 2.55. The standard InChI is InChI=1S/C11H22N4S/c1-6-14-10(12-13-11(14)16)15(9(4)5)7-8(2)3/h8-9H,6-7H2,1-5H3,(H,13,16). The monoisotopic (exact) mass is 242 g/mol. The fraction of sp³-hybridized carbons (Fsp3) is 0.818. The predicted molar refractivity (Wildman–Crippen MR) is 70.4 cm³/mol. The molecule has 0 aliphatic heterocycles. The van der Waals surface area contributed by atoms with Gasteiger partial charge in [0.25, 0.3) is 0 Å². The molecule has 1 N–H and O–H groups in total. The fourth-order valence-corrected chi connectivity index (χ4v) is 1.99. The molecule has 0 fully saturated rings. The number of aromatic amines is 1. The molecule has 4 nitrogen and oxygen atoms in total.